The minimum absolute atomic E-state index is 0.207. The van der Waals surface area contributed by atoms with Gasteiger partial charge >= 0.3 is 0 Å². The average molecular weight is 403 g/mol. The van der Waals surface area contributed by atoms with Crippen LogP contribution in [0.1, 0.15) is 18.7 Å². The Morgan fingerprint density at radius 2 is 1.81 bits per heavy atom. The fourth-order valence-corrected chi connectivity index (χ4v) is 4.97. The zero-order valence-electron chi connectivity index (χ0n) is 14.4. The summed E-state index contributed by atoms with van der Waals surface area (Å²) in [6.45, 7) is 3.61. The Bertz CT molecular complexity index is 941. The number of thiophene rings is 2. The third-order valence-corrected chi connectivity index (χ3v) is 6.80. The van der Waals surface area contributed by atoms with Crippen LogP contribution < -0.4 is 10.4 Å². The van der Waals surface area contributed by atoms with Gasteiger partial charge in [-0.25, -0.2) is 5.43 Å². The molecule has 0 spiro atoms. The summed E-state index contributed by atoms with van der Waals surface area (Å²) in [5.41, 5.74) is 4.39. The lowest BCUT2D eigenvalue weighted by Crippen LogP contribution is -2.48. The van der Waals surface area contributed by atoms with Gasteiger partial charge < -0.3 is 5.11 Å². The molecule has 1 unspecified atom stereocenters. The van der Waals surface area contributed by atoms with Crippen molar-refractivity contribution in [2.24, 2.45) is 0 Å². The van der Waals surface area contributed by atoms with E-state index in [0.717, 1.165) is 16.3 Å². The van der Waals surface area contributed by atoms with Crippen LogP contribution >= 0.6 is 34.3 Å². The van der Waals surface area contributed by atoms with Crippen LogP contribution in [-0.4, -0.2) is 16.7 Å². The number of anilines is 1. The number of nitrogens with one attached hydrogen (secondary N) is 1. The van der Waals surface area contributed by atoms with Gasteiger partial charge in [0, 0.05) is 9.75 Å². The maximum absolute atomic E-state index is 10.5. The molecule has 3 aromatic rings. The Morgan fingerprint density at radius 1 is 1.04 bits per heavy atom. The molecule has 1 aliphatic heterocycles. The first kappa shape index (κ1) is 17.8. The zero-order chi connectivity index (χ0) is 18.3. The quantitative estimate of drug-likeness (QED) is 0.593. The maximum atomic E-state index is 10.5. The van der Waals surface area contributed by atoms with Crippen LogP contribution in [0.25, 0.3) is 15.5 Å². The fourth-order valence-electron chi connectivity index (χ4n) is 2.89. The smallest absolute Gasteiger partial charge is 0.0798 e. The van der Waals surface area contributed by atoms with Gasteiger partial charge in [-0.1, -0.05) is 29.8 Å². The molecule has 4 rings (SSSR count). The summed E-state index contributed by atoms with van der Waals surface area (Å²) in [7, 11) is 0. The first-order valence-corrected chi connectivity index (χ1v) is 10.4. The highest BCUT2D eigenvalue weighted by Gasteiger charge is 2.35. The van der Waals surface area contributed by atoms with Gasteiger partial charge in [-0.15, -0.1) is 22.7 Å². The van der Waals surface area contributed by atoms with Crippen LogP contribution in [0.15, 0.2) is 60.0 Å². The number of hydrogen-bond donors (Lipinski definition) is 2. The molecule has 0 aliphatic carbocycles. The molecule has 0 amide bonds. The van der Waals surface area contributed by atoms with E-state index in [-0.39, 0.29) is 6.04 Å². The predicted molar refractivity (Wildman–Crippen MR) is 113 cm³/mol. The lowest BCUT2D eigenvalue weighted by atomic mass is 9.99. The highest BCUT2D eigenvalue weighted by Crippen LogP contribution is 2.40. The van der Waals surface area contributed by atoms with Crippen molar-refractivity contribution < 1.29 is 5.11 Å². The molecule has 1 aromatic carbocycles. The zero-order valence-corrected chi connectivity index (χ0v) is 16.8. The van der Waals surface area contributed by atoms with E-state index in [4.69, 9.17) is 11.6 Å². The molecule has 0 radical (unpaired) electrons. The largest absolute Gasteiger partial charge is 0.388 e. The van der Waals surface area contributed by atoms with Gasteiger partial charge in [0.2, 0.25) is 0 Å². The molecule has 1 aliphatic rings. The number of hydrogen-bond acceptors (Lipinski definition) is 5. The summed E-state index contributed by atoms with van der Waals surface area (Å²) < 4.78 is 0. The average Bonchev–Trinajstić information content (AvgIpc) is 3.33. The third kappa shape index (κ3) is 3.33. The van der Waals surface area contributed by atoms with Crippen molar-refractivity contribution >= 4 is 45.7 Å². The molecular formula is C20H19ClN2OS2. The lowest BCUT2D eigenvalue weighted by molar-refractivity contribution is 0.0573. The van der Waals surface area contributed by atoms with E-state index in [1.54, 1.807) is 36.5 Å². The molecule has 0 saturated heterocycles. The number of benzene rings is 1. The van der Waals surface area contributed by atoms with Crippen molar-refractivity contribution in [1.82, 2.24) is 5.43 Å². The highest BCUT2D eigenvalue weighted by atomic mass is 35.5. The van der Waals surface area contributed by atoms with Crippen LogP contribution in [0.5, 0.6) is 0 Å². The van der Waals surface area contributed by atoms with Crippen LogP contribution in [-0.2, 0) is 0 Å². The Balaban J connectivity index is 1.76. The molecule has 3 nitrogen and oxygen atoms in total. The molecule has 26 heavy (non-hydrogen) atoms. The van der Waals surface area contributed by atoms with Crippen LogP contribution in [0.2, 0.25) is 5.02 Å². The summed E-state index contributed by atoms with van der Waals surface area (Å²) >= 11 is 9.92. The summed E-state index contributed by atoms with van der Waals surface area (Å²) in [6.07, 6.45) is 2.08. The van der Waals surface area contributed by atoms with E-state index in [0.29, 0.717) is 5.02 Å². The van der Waals surface area contributed by atoms with E-state index in [2.05, 4.69) is 41.1 Å². The van der Waals surface area contributed by atoms with Gasteiger partial charge in [0.1, 0.15) is 0 Å². The van der Waals surface area contributed by atoms with E-state index < -0.39 is 5.60 Å². The minimum atomic E-state index is -0.894. The fraction of sp³-hybridized carbons (Fsp3) is 0.200. The summed E-state index contributed by atoms with van der Waals surface area (Å²) in [5.74, 6) is 0. The van der Waals surface area contributed by atoms with Crippen molar-refractivity contribution in [3.63, 3.8) is 0 Å². The van der Waals surface area contributed by atoms with Crippen LogP contribution in [0.4, 0.5) is 5.69 Å². The van der Waals surface area contributed by atoms with Gasteiger partial charge in [-0.05, 0) is 55.6 Å². The molecule has 2 N–H and O–H groups in total. The summed E-state index contributed by atoms with van der Waals surface area (Å²) in [4.78, 5) is 3.63. The predicted octanol–water partition coefficient (Wildman–Crippen LogP) is 5.64. The molecule has 0 fully saturated rings. The van der Waals surface area contributed by atoms with Gasteiger partial charge in [0.15, 0.2) is 0 Å². The van der Waals surface area contributed by atoms with Crippen LogP contribution in [0.3, 0.4) is 0 Å². The van der Waals surface area contributed by atoms with Crippen LogP contribution in [0, 0.1) is 0 Å². The highest BCUT2D eigenvalue weighted by molar-refractivity contribution is 7.21. The number of rotatable bonds is 4. The molecular weight excluding hydrogens is 384 g/mol. The number of halogens is 1. The number of hydrazine groups is 1. The van der Waals surface area contributed by atoms with Gasteiger partial charge in [0.05, 0.1) is 32.9 Å². The van der Waals surface area contributed by atoms with Gasteiger partial charge in [0.25, 0.3) is 0 Å². The first-order valence-electron chi connectivity index (χ1n) is 8.32. The number of nitrogens with zero attached hydrogens (tertiary/aromatic N) is 1. The molecule has 1 atom stereocenters. The van der Waals surface area contributed by atoms with Gasteiger partial charge in [-0.3, -0.25) is 5.01 Å². The maximum Gasteiger partial charge on any atom is 0.0798 e. The monoisotopic (exact) mass is 402 g/mol. The Kier molecular flexibility index (Phi) is 4.67. The lowest BCUT2D eigenvalue weighted by Gasteiger charge is -2.29. The Labute approximate surface area is 166 Å². The van der Waals surface area contributed by atoms with Crippen molar-refractivity contribution in [3.05, 3.63) is 69.9 Å². The normalized spacial score (nSPS) is 17.6. The van der Waals surface area contributed by atoms with Crippen molar-refractivity contribution in [3.8, 4) is 9.75 Å². The van der Waals surface area contributed by atoms with E-state index in [9.17, 15) is 5.11 Å². The molecule has 134 valence electrons. The second-order valence-electron chi connectivity index (χ2n) is 6.74. The topological polar surface area (TPSA) is 35.5 Å². The van der Waals surface area contributed by atoms with E-state index >= 15 is 0 Å². The molecule has 0 bridgehead atoms. The van der Waals surface area contributed by atoms with Gasteiger partial charge in [-0.2, -0.15) is 0 Å². The summed E-state index contributed by atoms with van der Waals surface area (Å²) in [6, 6.07) is 16.0. The molecule has 0 saturated carbocycles. The Hall–Kier alpha value is -1.63. The first-order chi connectivity index (χ1) is 12.4. The van der Waals surface area contributed by atoms with Crippen molar-refractivity contribution in [1.29, 1.82) is 0 Å². The second kappa shape index (κ2) is 6.83. The number of aliphatic hydroxyl groups is 1. The second-order valence-corrected chi connectivity index (χ2v) is 9.18. The van der Waals surface area contributed by atoms with E-state index in [1.807, 2.05) is 29.3 Å². The molecule has 2 aromatic heterocycles. The summed E-state index contributed by atoms with van der Waals surface area (Å²) in [5, 5.41) is 15.2. The van der Waals surface area contributed by atoms with E-state index in [1.165, 1.54) is 9.75 Å². The number of para-hydroxylation sites is 1. The van der Waals surface area contributed by atoms with Crippen molar-refractivity contribution in [2.75, 3.05) is 5.01 Å². The molecule has 6 heteroatoms. The SMILES string of the molecule is CC(C)(O)C1C=C(c2ccc(-c3cccs3)s2)N(c2ccccc2Cl)N1. The standard InChI is InChI=1S/C20H19ClN2OS2/c1-20(2,24)19-12-15(23(22-19)14-7-4-3-6-13(14)21)16-9-10-18(26-16)17-8-5-11-25-17/h3-12,19,22,24H,1-2H3. The minimum Gasteiger partial charge on any atom is -0.388 e. The third-order valence-electron chi connectivity index (χ3n) is 4.31. The Morgan fingerprint density at radius 3 is 2.50 bits per heavy atom. The molecule has 3 heterocycles. The van der Waals surface area contributed by atoms with Crippen molar-refractivity contribution in [2.45, 2.75) is 25.5 Å².